The van der Waals surface area contributed by atoms with Gasteiger partial charge in [0.25, 0.3) is 0 Å². The molecular formula is C7H14O2. The van der Waals surface area contributed by atoms with Gasteiger partial charge in [0.1, 0.15) is 6.10 Å². The molecular weight excluding hydrogens is 116 g/mol. The molecule has 1 fully saturated rings. The van der Waals surface area contributed by atoms with Gasteiger partial charge in [-0.25, -0.2) is 0 Å². The van der Waals surface area contributed by atoms with Gasteiger partial charge in [0.15, 0.2) is 6.29 Å². The van der Waals surface area contributed by atoms with Crippen LogP contribution >= 0.6 is 0 Å². The van der Waals surface area contributed by atoms with Gasteiger partial charge < -0.3 is 9.84 Å². The van der Waals surface area contributed by atoms with Gasteiger partial charge in [0.2, 0.25) is 0 Å². The SMILES string of the molecule is CCC(C)CC1OC1O. The zero-order valence-corrected chi connectivity index (χ0v) is 6.00. The molecule has 0 spiro atoms. The second-order valence-corrected chi connectivity index (χ2v) is 2.81. The molecule has 54 valence electrons. The molecule has 0 aliphatic carbocycles. The Bertz CT molecular complexity index is 90.9. The summed E-state index contributed by atoms with van der Waals surface area (Å²) < 4.78 is 4.84. The van der Waals surface area contributed by atoms with Crippen molar-refractivity contribution in [3.63, 3.8) is 0 Å². The van der Waals surface area contributed by atoms with Crippen LogP contribution in [0.1, 0.15) is 26.7 Å². The molecule has 3 unspecified atom stereocenters. The van der Waals surface area contributed by atoms with E-state index in [1.807, 2.05) is 0 Å². The zero-order valence-electron chi connectivity index (χ0n) is 6.00. The minimum absolute atomic E-state index is 0.153. The summed E-state index contributed by atoms with van der Waals surface area (Å²) in [4.78, 5) is 0. The second kappa shape index (κ2) is 2.67. The van der Waals surface area contributed by atoms with Crippen LogP contribution < -0.4 is 0 Å². The fourth-order valence-corrected chi connectivity index (χ4v) is 0.869. The third-order valence-electron chi connectivity index (χ3n) is 1.89. The molecule has 0 radical (unpaired) electrons. The number of hydrogen-bond acceptors (Lipinski definition) is 2. The summed E-state index contributed by atoms with van der Waals surface area (Å²) in [5, 5.41) is 8.75. The van der Waals surface area contributed by atoms with Crippen molar-refractivity contribution in [2.45, 2.75) is 39.1 Å². The average molecular weight is 130 g/mol. The van der Waals surface area contributed by atoms with Crippen molar-refractivity contribution >= 4 is 0 Å². The molecule has 0 saturated carbocycles. The van der Waals surface area contributed by atoms with Gasteiger partial charge in [0.05, 0.1) is 0 Å². The Balaban J connectivity index is 2.05. The van der Waals surface area contributed by atoms with Gasteiger partial charge in [-0.2, -0.15) is 0 Å². The molecule has 3 atom stereocenters. The van der Waals surface area contributed by atoms with E-state index in [1.165, 1.54) is 6.42 Å². The molecule has 1 aliphatic rings. The Hall–Kier alpha value is -0.0800. The summed E-state index contributed by atoms with van der Waals surface area (Å²) in [7, 11) is 0. The number of rotatable bonds is 3. The van der Waals surface area contributed by atoms with Crippen LogP contribution in [0.3, 0.4) is 0 Å². The van der Waals surface area contributed by atoms with Crippen molar-refractivity contribution in [1.82, 2.24) is 0 Å². The normalized spacial score (nSPS) is 36.3. The lowest BCUT2D eigenvalue weighted by Gasteiger charge is -2.02. The summed E-state index contributed by atoms with van der Waals surface area (Å²) >= 11 is 0. The first kappa shape index (κ1) is 7.03. The van der Waals surface area contributed by atoms with E-state index in [2.05, 4.69) is 13.8 Å². The van der Waals surface area contributed by atoms with Crippen LogP contribution in [0, 0.1) is 5.92 Å². The summed E-state index contributed by atoms with van der Waals surface area (Å²) in [5.41, 5.74) is 0. The van der Waals surface area contributed by atoms with Crippen LogP contribution in [0.25, 0.3) is 0 Å². The minimum Gasteiger partial charge on any atom is -0.366 e. The fraction of sp³-hybridized carbons (Fsp3) is 1.00. The molecule has 0 bridgehead atoms. The van der Waals surface area contributed by atoms with Crippen LogP contribution in [0.5, 0.6) is 0 Å². The van der Waals surface area contributed by atoms with Gasteiger partial charge in [0, 0.05) is 0 Å². The van der Waals surface area contributed by atoms with Crippen LogP contribution in [0.15, 0.2) is 0 Å². The van der Waals surface area contributed by atoms with E-state index in [0.717, 1.165) is 6.42 Å². The highest BCUT2D eigenvalue weighted by molar-refractivity contribution is 4.76. The highest BCUT2D eigenvalue weighted by atomic mass is 16.7. The Labute approximate surface area is 55.8 Å². The van der Waals surface area contributed by atoms with Gasteiger partial charge in [-0.05, 0) is 12.3 Å². The standard InChI is InChI=1S/C7H14O2/c1-3-5(2)4-6-7(8)9-6/h5-8H,3-4H2,1-2H3. The maximum Gasteiger partial charge on any atom is 0.181 e. The minimum atomic E-state index is -0.445. The predicted octanol–water partition coefficient (Wildman–Crippen LogP) is 1.14. The van der Waals surface area contributed by atoms with E-state index in [1.54, 1.807) is 0 Å². The van der Waals surface area contributed by atoms with E-state index in [-0.39, 0.29) is 6.10 Å². The van der Waals surface area contributed by atoms with E-state index in [4.69, 9.17) is 9.84 Å². The number of aliphatic hydroxyl groups excluding tert-OH is 1. The van der Waals surface area contributed by atoms with Crippen molar-refractivity contribution in [3.05, 3.63) is 0 Å². The summed E-state index contributed by atoms with van der Waals surface area (Å²) in [6.45, 7) is 4.33. The topological polar surface area (TPSA) is 32.8 Å². The molecule has 0 aromatic rings. The average Bonchev–Trinajstić information content (AvgIpc) is 2.47. The van der Waals surface area contributed by atoms with E-state index in [0.29, 0.717) is 5.92 Å². The Morgan fingerprint density at radius 1 is 1.67 bits per heavy atom. The molecule has 2 nitrogen and oxygen atoms in total. The quantitative estimate of drug-likeness (QED) is 0.581. The summed E-state index contributed by atoms with van der Waals surface area (Å²) in [5.74, 6) is 0.687. The van der Waals surface area contributed by atoms with Crippen molar-refractivity contribution in [3.8, 4) is 0 Å². The van der Waals surface area contributed by atoms with Crippen molar-refractivity contribution in [1.29, 1.82) is 0 Å². The molecule has 0 aromatic heterocycles. The molecule has 0 aromatic carbocycles. The number of epoxide rings is 1. The molecule has 1 rings (SSSR count). The lowest BCUT2D eigenvalue weighted by Crippen LogP contribution is -2.00. The molecule has 1 N–H and O–H groups in total. The zero-order chi connectivity index (χ0) is 6.85. The first-order valence-corrected chi connectivity index (χ1v) is 3.57. The van der Waals surface area contributed by atoms with Crippen LogP contribution in [0.4, 0.5) is 0 Å². The highest BCUT2D eigenvalue weighted by Gasteiger charge is 2.37. The van der Waals surface area contributed by atoms with Gasteiger partial charge in [-0.1, -0.05) is 20.3 Å². The number of hydrogen-bond donors (Lipinski definition) is 1. The van der Waals surface area contributed by atoms with E-state index in [9.17, 15) is 0 Å². The molecule has 1 aliphatic heterocycles. The third kappa shape index (κ3) is 1.95. The van der Waals surface area contributed by atoms with Gasteiger partial charge in [-0.15, -0.1) is 0 Å². The van der Waals surface area contributed by atoms with Crippen LogP contribution in [-0.4, -0.2) is 17.5 Å². The number of ether oxygens (including phenoxy) is 1. The molecule has 1 saturated heterocycles. The fourth-order valence-electron chi connectivity index (χ4n) is 0.869. The first-order chi connectivity index (χ1) is 4.24. The van der Waals surface area contributed by atoms with Crippen LogP contribution in [0.2, 0.25) is 0 Å². The van der Waals surface area contributed by atoms with Crippen LogP contribution in [-0.2, 0) is 4.74 Å². The first-order valence-electron chi connectivity index (χ1n) is 3.57. The Morgan fingerprint density at radius 3 is 2.56 bits per heavy atom. The highest BCUT2D eigenvalue weighted by Crippen LogP contribution is 2.26. The third-order valence-corrected chi connectivity index (χ3v) is 1.89. The monoisotopic (exact) mass is 130 g/mol. The molecule has 1 heterocycles. The lowest BCUT2D eigenvalue weighted by atomic mass is 10.0. The van der Waals surface area contributed by atoms with Crippen molar-refractivity contribution in [2.75, 3.05) is 0 Å². The maximum atomic E-state index is 8.75. The number of aliphatic hydroxyl groups is 1. The molecule has 2 heteroatoms. The van der Waals surface area contributed by atoms with Gasteiger partial charge in [-0.3, -0.25) is 0 Å². The van der Waals surface area contributed by atoms with Crippen molar-refractivity contribution < 1.29 is 9.84 Å². The molecule has 0 amide bonds. The lowest BCUT2D eigenvalue weighted by molar-refractivity contribution is 0.156. The van der Waals surface area contributed by atoms with E-state index < -0.39 is 6.29 Å². The Morgan fingerprint density at radius 2 is 2.22 bits per heavy atom. The summed E-state index contributed by atoms with van der Waals surface area (Å²) in [6, 6.07) is 0. The largest absolute Gasteiger partial charge is 0.366 e. The van der Waals surface area contributed by atoms with Crippen molar-refractivity contribution in [2.24, 2.45) is 5.92 Å². The maximum absolute atomic E-state index is 8.75. The smallest absolute Gasteiger partial charge is 0.181 e. The molecule has 9 heavy (non-hydrogen) atoms. The van der Waals surface area contributed by atoms with Gasteiger partial charge >= 0.3 is 0 Å². The van der Waals surface area contributed by atoms with E-state index >= 15 is 0 Å². The predicted molar refractivity (Wildman–Crippen MR) is 35.0 cm³/mol. The second-order valence-electron chi connectivity index (χ2n) is 2.81. The Kier molecular flexibility index (Phi) is 2.09. The summed E-state index contributed by atoms with van der Waals surface area (Å²) in [6.07, 6.45) is 1.89.